The van der Waals surface area contributed by atoms with Crippen LogP contribution < -0.4 is 11.1 Å². The van der Waals surface area contributed by atoms with Gasteiger partial charge in [-0.2, -0.15) is 0 Å². The van der Waals surface area contributed by atoms with Gasteiger partial charge in [0.2, 0.25) is 0 Å². The highest BCUT2D eigenvalue weighted by atomic mass is 16.6. The molecule has 2 heterocycles. The first-order chi connectivity index (χ1) is 5.33. The highest BCUT2D eigenvalue weighted by molar-refractivity contribution is 4.98. The molecule has 2 fully saturated rings. The first-order valence-corrected chi connectivity index (χ1v) is 3.99. The predicted octanol–water partition coefficient (Wildman–Crippen LogP) is -1.30. The van der Waals surface area contributed by atoms with Crippen LogP contribution in [-0.4, -0.2) is 44.6 Å². The molecule has 64 valence electrons. The largest absolute Gasteiger partial charge is 0.372 e. The van der Waals surface area contributed by atoms with E-state index in [1.165, 1.54) is 0 Å². The molecule has 2 aliphatic rings. The summed E-state index contributed by atoms with van der Waals surface area (Å²) in [4.78, 5) is 0. The van der Waals surface area contributed by atoms with Crippen molar-refractivity contribution in [2.75, 3.05) is 20.3 Å². The molecular weight excluding hydrogens is 144 g/mol. The zero-order chi connectivity index (χ0) is 7.84. The van der Waals surface area contributed by atoms with Crippen LogP contribution in [0, 0.1) is 0 Å². The van der Waals surface area contributed by atoms with Crippen molar-refractivity contribution >= 4 is 0 Å². The summed E-state index contributed by atoms with van der Waals surface area (Å²) in [6.45, 7) is 1.35. The van der Waals surface area contributed by atoms with Gasteiger partial charge in [-0.3, -0.25) is 0 Å². The molecule has 0 radical (unpaired) electrons. The Labute approximate surface area is 66.0 Å². The van der Waals surface area contributed by atoms with Gasteiger partial charge >= 0.3 is 0 Å². The number of likely N-dealkylation sites (N-methyl/N-ethyl adjacent to an activating group) is 1. The summed E-state index contributed by atoms with van der Waals surface area (Å²) in [6, 6.07) is 0.395. The molecule has 4 atom stereocenters. The molecule has 4 nitrogen and oxygen atoms in total. The third-order valence-electron chi connectivity index (χ3n) is 2.46. The Kier molecular flexibility index (Phi) is 1.85. The Hall–Kier alpha value is -0.160. The molecular formula is C7H14N2O2. The van der Waals surface area contributed by atoms with E-state index in [0.717, 1.165) is 6.61 Å². The molecule has 4 unspecified atom stereocenters. The fraction of sp³-hybridized carbons (Fsp3) is 1.00. The Morgan fingerprint density at radius 1 is 1.27 bits per heavy atom. The molecule has 0 aromatic rings. The van der Waals surface area contributed by atoms with Crippen LogP contribution in [-0.2, 0) is 9.47 Å². The first kappa shape index (κ1) is 7.49. The Morgan fingerprint density at radius 2 is 2.00 bits per heavy atom. The zero-order valence-corrected chi connectivity index (χ0v) is 6.62. The van der Waals surface area contributed by atoms with E-state index in [-0.39, 0.29) is 18.2 Å². The second kappa shape index (κ2) is 2.71. The van der Waals surface area contributed by atoms with Crippen LogP contribution in [0.3, 0.4) is 0 Å². The smallest absolute Gasteiger partial charge is 0.103 e. The molecule has 0 aromatic carbocycles. The van der Waals surface area contributed by atoms with Crippen LogP contribution in [0.4, 0.5) is 0 Å². The molecule has 2 saturated heterocycles. The van der Waals surface area contributed by atoms with Crippen molar-refractivity contribution in [2.24, 2.45) is 5.73 Å². The number of hydrogen-bond donors (Lipinski definition) is 2. The van der Waals surface area contributed by atoms with Crippen LogP contribution in [0.1, 0.15) is 0 Å². The maximum absolute atomic E-state index is 5.76. The lowest BCUT2D eigenvalue weighted by molar-refractivity contribution is 0.0676. The van der Waals surface area contributed by atoms with Gasteiger partial charge < -0.3 is 20.5 Å². The van der Waals surface area contributed by atoms with Crippen LogP contribution >= 0.6 is 0 Å². The first-order valence-electron chi connectivity index (χ1n) is 3.99. The summed E-state index contributed by atoms with van der Waals surface area (Å²) in [5.41, 5.74) is 5.76. The number of hydrogen-bond acceptors (Lipinski definition) is 4. The van der Waals surface area contributed by atoms with Crippen molar-refractivity contribution < 1.29 is 9.47 Å². The highest BCUT2D eigenvalue weighted by Crippen LogP contribution is 2.25. The molecule has 11 heavy (non-hydrogen) atoms. The molecule has 0 spiro atoms. The Morgan fingerprint density at radius 3 is 2.73 bits per heavy atom. The average molecular weight is 158 g/mol. The van der Waals surface area contributed by atoms with Gasteiger partial charge in [0, 0.05) is 0 Å². The minimum Gasteiger partial charge on any atom is -0.372 e. The second-order valence-corrected chi connectivity index (χ2v) is 3.15. The molecule has 4 heteroatoms. The number of nitrogens with one attached hydrogen (secondary N) is 1. The number of fused-ring (bicyclic) bond motifs is 1. The van der Waals surface area contributed by atoms with Gasteiger partial charge in [-0.15, -0.1) is 0 Å². The van der Waals surface area contributed by atoms with Gasteiger partial charge in [0.15, 0.2) is 0 Å². The van der Waals surface area contributed by atoms with Crippen molar-refractivity contribution in [3.8, 4) is 0 Å². The fourth-order valence-electron chi connectivity index (χ4n) is 1.78. The summed E-state index contributed by atoms with van der Waals surface area (Å²) in [5.74, 6) is 0. The fourth-order valence-corrected chi connectivity index (χ4v) is 1.78. The molecule has 2 aliphatic heterocycles. The van der Waals surface area contributed by atoms with Gasteiger partial charge in [-0.25, -0.2) is 0 Å². The van der Waals surface area contributed by atoms with Gasteiger partial charge in [0.05, 0.1) is 25.3 Å². The summed E-state index contributed by atoms with van der Waals surface area (Å²) in [7, 11) is 1.92. The number of nitrogens with two attached hydrogens (primary N) is 1. The summed E-state index contributed by atoms with van der Waals surface area (Å²) < 4.78 is 11.0. The maximum Gasteiger partial charge on any atom is 0.103 e. The molecule has 3 N–H and O–H groups in total. The second-order valence-electron chi connectivity index (χ2n) is 3.15. The van der Waals surface area contributed by atoms with Crippen molar-refractivity contribution in [1.82, 2.24) is 5.32 Å². The topological polar surface area (TPSA) is 56.5 Å². The van der Waals surface area contributed by atoms with E-state index in [4.69, 9.17) is 15.2 Å². The van der Waals surface area contributed by atoms with Gasteiger partial charge in [-0.05, 0) is 7.05 Å². The van der Waals surface area contributed by atoms with Crippen molar-refractivity contribution in [1.29, 1.82) is 0 Å². The number of rotatable bonds is 1. The van der Waals surface area contributed by atoms with E-state index in [2.05, 4.69) is 5.32 Å². The van der Waals surface area contributed by atoms with Crippen LogP contribution in [0.2, 0.25) is 0 Å². The molecule has 0 saturated carbocycles. The molecule has 0 bridgehead atoms. The zero-order valence-electron chi connectivity index (χ0n) is 6.62. The molecule has 0 aromatic heterocycles. The number of ether oxygens (including phenoxy) is 2. The standard InChI is InChI=1S/C7H14N2O2/c1-9-5-3-11-6-4(8)2-10-7(5)6/h4-7,9H,2-3,8H2,1H3. The lowest BCUT2D eigenvalue weighted by atomic mass is 10.1. The van der Waals surface area contributed by atoms with E-state index in [0.29, 0.717) is 12.6 Å². The third-order valence-corrected chi connectivity index (χ3v) is 2.46. The summed E-state index contributed by atoms with van der Waals surface area (Å²) >= 11 is 0. The van der Waals surface area contributed by atoms with E-state index >= 15 is 0 Å². The third kappa shape index (κ3) is 1.06. The summed E-state index contributed by atoms with van der Waals surface area (Å²) in [5, 5.41) is 3.15. The lowest BCUT2D eigenvalue weighted by Crippen LogP contribution is -2.40. The van der Waals surface area contributed by atoms with E-state index in [1.807, 2.05) is 7.05 Å². The van der Waals surface area contributed by atoms with Crippen LogP contribution in [0.25, 0.3) is 0 Å². The van der Waals surface area contributed by atoms with Crippen LogP contribution in [0.15, 0.2) is 0 Å². The average Bonchev–Trinajstić information content (AvgIpc) is 2.53. The minimum atomic E-state index is 0.0679. The Balaban J connectivity index is 2.04. The molecule has 2 rings (SSSR count). The van der Waals surface area contributed by atoms with Crippen molar-refractivity contribution in [3.63, 3.8) is 0 Å². The normalized spacial score (nSPS) is 49.6. The van der Waals surface area contributed by atoms with E-state index in [9.17, 15) is 0 Å². The quantitative estimate of drug-likeness (QED) is 0.498. The van der Waals surface area contributed by atoms with Gasteiger partial charge in [0.25, 0.3) is 0 Å². The summed E-state index contributed by atoms with van der Waals surface area (Å²) in [6.07, 6.45) is 0.294. The predicted molar refractivity (Wildman–Crippen MR) is 40.3 cm³/mol. The minimum absolute atomic E-state index is 0.0679. The molecule has 0 aliphatic carbocycles. The van der Waals surface area contributed by atoms with Gasteiger partial charge in [-0.1, -0.05) is 0 Å². The van der Waals surface area contributed by atoms with Crippen molar-refractivity contribution in [2.45, 2.75) is 24.3 Å². The van der Waals surface area contributed by atoms with E-state index in [1.54, 1.807) is 0 Å². The van der Waals surface area contributed by atoms with Crippen molar-refractivity contribution in [3.05, 3.63) is 0 Å². The van der Waals surface area contributed by atoms with E-state index < -0.39 is 0 Å². The maximum atomic E-state index is 5.76. The Bertz CT molecular complexity index is 153. The van der Waals surface area contributed by atoms with Crippen LogP contribution in [0.5, 0.6) is 0 Å². The monoisotopic (exact) mass is 158 g/mol. The highest BCUT2D eigenvalue weighted by Gasteiger charge is 2.45. The molecule has 0 amide bonds. The SMILES string of the molecule is CNC1COC2C(N)COC12. The van der Waals surface area contributed by atoms with Gasteiger partial charge in [0.1, 0.15) is 12.2 Å². The lowest BCUT2D eigenvalue weighted by Gasteiger charge is -2.14.